The van der Waals surface area contributed by atoms with Gasteiger partial charge in [0.15, 0.2) is 0 Å². The molecule has 0 atom stereocenters. The molecular weight excluding hydrogens is 342 g/mol. The van der Waals surface area contributed by atoms with Crippen LogP contribution < -0.4 is 31.4 Å². The highest BCUT2D eigenvalue weighted by Gasteiger charge is 2.06. The third-order valence-electron chi connectivity index (χ3n) is 3.94. The SMILES string of the molecule is COc1cc(-c2ccc(N)c(OC)c2)ccc1N.COc1ccccc1N. The molecule has 3 rings (SSSR count). The molecule has 0 saturated carbocycles. The molecule has 0 aromatic heterocycles. The van der Waals surface area contributed by atoms with Gasteiger partial charge in [0.2, 0.25) is 0 Å². The number of nitrogen functional groups attached to an aromatic ring is 3. The Morgan fingerprint density at radius 1 is 0.519 bits per heavy atom. The number of hydrogen-bond acceptors (Lipinski definition) is 6. The van der Waals surface area contributed by atoms with E-state index < -0.39 is 0 Å². The van der Waals surface area contributed by atoms with Gasteiger partial charge < -0.3 is 31.4 Å². The minimum Gasteiger partial charge on any atom is -0.495 e. The van der Waals surface area contributed by atoms with E-state index in [9.17, 15) is 0 Å². The summed E-state index contributed by atoms with van der Waals surface area (Å²) in [6, 6.07) is 18.7. The third-order valence-corrected chi connectivity index (χ3v) is 3.94. The van der Waals surface area contributed by atoms with Crippen LogP contribution in [0.15, 0.2) is 60.7 Å². The maximum atomic E-state index is 5.79. The first kappa shape index (κ1) is 19.8. The second-order valence-corrected chi connectivity index (χ2v) is 5.66. The molecule has 0 fully saturated rings. The summed E-state index contributed by atoms with van der Waals surface area (Å²) in [4.78, 5) is 0. The first-order valence-electron chi connectivity index (χ1n) is 8.26. The lowest BCUT2D eigenvalue weighted by Gasteiger charge is -2.10. The molecule has 0 radical (unpaired) electrons. The van der Waals surface area contributed by atoms with Gasteiger partial charge in [-0.15, -0.1) is 0 Å². The fourth-order valence-electron chi connectivity index (χ4n) is 2.45. The zero-order valence-corrected chi connectivity index (χ0v) is 15.7. The molecule has 0 aliphatic heterocycles. The molecular formula is C21H25N3O3. The fourth-order valence-corrected chi connectivity index (χ4v) is 2.45. The summed E-state index contributed by atoms with van der Waals surface area (Å²) >= 11 is 0. The van der Waals surface area contributed by atoms with Crippen molar-refractivity contribution in [1.29, 1.82) is 0 Å². The smallest absolute Gasteiger partial charge is 0.142 e. The Balaban J connectivity index is 0.000000244. The van der Waals surface area contributed by atoms with Crippen molar-refractivity contribution in [3.63, 3.8) is 0 Å². The van der Waals surface area contributed by atoms with Crippen LogP contribution >= 0.6 is 0 Å². The summed E-state index contributed by atoms with van der Waals surface area (Å²) in [7, 11) is 4.80. The molecule has 0 heterocycles. The first-order valence-corrected chi connectivity index (χ1v) is 8.26. The van der Waals surface area contributed by atoms with Crippen LogP contribution in [-0.2, 0) is 0 Å². The first-order chi connectivity index (χ1) is 13.0. The number of rotatable bonds is 4. The van der Waals surface area contributed by atoms with Crippen LogP contribution in [0.25, 0.3) is 11.1 Å². The van der Waals surface area contributed by atoms with Gasteiger partial charge in [-0.3, -0.25) is 0 Å². The van der Waals surface area contributed by atoms with Crippen molar-refractivity contribution in [2.24, 2.45) is 0 Å². The van der Waals surface area contributed by atoms with E-state index in [4.69, 9.17) is 31.4 Å². The van der Waals surface area contributed by atoms with E-state index in [0.717, 1.165) is 16.9 Å². The lowest BCUT2D eigenvalue weighted by atomic mass is 10.0. The van der Waals surface area contributed by atoms with E-state index in [-0.39, 0.29) is 0 Å². The summed E-state index contributed by atoms with van der Waals surface area (Å²) in [6.07, 6.45) is 0. The van der Waals surface area contributed by atoms with Crippen LogP contribution in [0.2, 0.25) is 0 Å². The maximum absolute atomic E-state index is 5.79. The zero-order chi connectivity index (χ0) is 19.8. The molecule has 6 heteroatoms. The van der Waals surface area contributed by atoms with Gasteiger partial charge in [-0.2, -0.15) is 0 Å². The topological polar surface area (TPSA) is 106 Å². The molecule has 3 aromatic carbocycles. The largest absolute Gasteiger partial charge is 0.495 e. The van der Waals surface area contributed by atoms with Crippen LogP contribution in [0.3, 0.4) is 0 Å². The average Bonchev–Trinajstić information content (AvgIpc) is 2.70. The predicted octanol–water partition coefficient (Wildman–Crippen LogP) is 3.81. The summed E-state index contributed by atoms with van der Waals surface area (Å²) in [6.45, 7) is 0. The second kappa shape index (κ2) is 9.24. The van der Waals surface area contributed by atoms with Gasteiger partial charge in [0.25, 0.3) is 0 Å². The number of para-hydroxylation sites is 2. The highest BCUT2D eigenvalue weighted by atomic mass is 16.5. The van der Waals surface area contributed by atoms with Crippen molar-refractivity contribution in [2.75, 3.05) is 38.5 Å². The van der Waals surface area contributed by atoms with Gasteiger partial charge in [-0.1, -0.05) is 24.3 Å². The van der Waals surface area contributed by atoms with Crippen LogP contribution in [0.1, 0.15) is 0 Å². The minimum absolute atomic E-state index is 0.615. The predicted molar refractivity (Wildman–Crippen MR) is 111 cm³/mol. The van der Waals surface area contributed by atoms with Crippen molar-refractivity contribution >= 4 is 17.1 Å². The van der Waals surface area contributed by atoms with E-state index >= 15 is 0 Å². The molecule has 6 nitrogen and oxygen atoms in total. The number of anilines is 3. The number of hydrogen-bond donors (Lipinski definition) is 3. The highest BCUT2D eigenvalue weighted by molar-refractivity contribution is 5.73. The molecule has 27 heavy (non-hydrogen) atoms. The van der Waals surface area contributed by atoms with Crippen LogP contribution in [0.5, 0.6) is 17.2 Å². The van der Waals surface area contributed by atoms with Gasteiger partial charge in [0.05, 0.1) is 38.4 Å². The standard InChI is InChI=1S/C14H16N2O2.C7H9NO/c1-17-13-7-9(3-5-11(13)15)10-4-6-12(16)14(8-10)18-2;1-9-7-5-3-2-4-6(7)8/h3-8H,15-16H2,1-2H3;2-5H,8H2,1H3. The molecule has 0 bridgehead atoms. The molecule has 0 saturated heterocycles. The maximum Gasteiger partial charge on any atom is 0.142 e. The summed E-state index contributed by atoms with van der Waals surface area (Å²) in [5.41, 5.74) is 21.0. The van der Waals surface area contributed by atoms with Gasteiger partial charge >= 0.3 is 0 Å². The zero-order valence-electron chi connectivity index (χ0n) is 15.7. The monoisotopic (exact) mass is 367 g/mol. The van der Waals surface area contributed by atoms with E-state index in [1.54, 1.807) is 27.4 Å². The summed E-state index contributed by atoms with van der Waals surface area (Å²) < 4.78 is 15.3. The van der Waals surface area contributed by atoms with Crippen LogP contribution in [0.4, 0.5) is 17.1 Å². The van der Waals surface area contributed by atoms with Gasteiger partial charge in [-0.25, -0.2) is 0 Å². The van der Waals surface area contributed by atoms with Crippen LogP contribution in [-0.4, -0.2) is 21.3 Å². The molecule has 0 unspecified atom stereocenters. The van der Waals surface area contributed by atoms with E-state index in [0.29, 0.717) is 28.6 Å². The molecule has 142 valence electrons. The van der Waals surface area contributed by atoms with Crippen molar-refractivity contribution in [3.05, 3.63) is 60.7 Å². The number of nitrogens with two attached hydrogens (primary N) is 3. The molecule has 0 aliphatic carbocycles. The Kier molecular flexibility index (Phi) is 6.77. The van der Waals surface area contributed by atoms with Crippen molar-refractivity contribution in [2.45, 2.75) is 0 Å². The Labute approximate surface area is 159 Å². The van der Waals surface area contributed by atoms with Crippen molar-refractivity contribution in [1.82, 2.24) is 0 Å². The number of ether oxygens (including phenoxy) is 3. The summed E-state index contributed by atoms with van der Waals surface area (Å²) in [5, 5.41) is 0. The number of benzene rings is 3. The van der Waals surface area contributed by atoms with Crippen LogP contribution in [0, 0.1) is 0 Å². The second-order valence-electron chi connectivity index (χ2n) is 5.66. The van der Waals surface area contributed by atoms with Gasteiger partial charge in [0, 0.05) is 0 Å². The van der Waals surface area contributed by atoms with E-state index in [1.807, 2.05) is 54.6 Å². The summed E-state index contributed by atoms with van der Waals surface area (Å²) in [5.74, 6) is 2.05. The average molecular weight is 367 g/mol. The molecule has 0 amide bonds. The molecule has 0 aliphatic rings. The highest BCUT2D eigenvalue weighted by Crippen LogP contribution is 2.32. The Bertz CT molecular complexity index is 846. The van der Waals surface area contributed by atoms with Gasteiger partial charge in [0.1, 0.15) is 17.2 Å². The fraction of sp³-hybridized carbons (Fsp3) is 0.143. The van der Waals surface area contributed by atoms with Gasteiger partial charge in [-0.05, 0) is 47.5 Å². The molecule has 3 aromatic rings. The third kappa shape index (κ3) is 4.98. The quantitative estimate of drug-likeness (QED) is 0.606. The Morgan fingerprint density at radius 3 is 1.30 bits per heavy atom. The lowest BCUT2D eigenvalue weighted by molar-refractivity contribution is 0.416. The Hall–Kier alpha value is -3.54. The molecule has 0 spiro atoms. The van der Waals surface area contributed by atoms with Crippen molar-refractivity contribution in [3.8, 4) is 28.4 Å². The van der Waals surface area contributed by atoms with E-state index in [1.165, 1.54) is 0 Å². The molecule has 6 N–H and O–H groups in total. The van der Waals surface area contributed by atoms with Crippen molar-refractivity contribution < 1.29 is 14.2 Å². The normalized spacial score (nSPS) is 9.74. The minimum atomic E-state index is 0.615. The van der Waals surface area contributed by atoms with E-state index in [2.05, 4.69) is 0 Å². The lowest BCUT2D eigenvalue weighted by Crippen LogP contribution is -1.94. The number of methoxy groups -OCH3 is 3. The Morgan fingerprint density at radius 2 is 0.926 bits per heavy atom.